The molecule has 2 N–H and O–H groups in total. The Morgan fingerprint density at radius 2 is 1.82 bits per heavy atom. The number of amides is 2. The number of aryl methyl sites for hydroxylation is 3. The normalized spacial score (nSPS) is 20.4. The highest BCUT2D eigenvalue weighted by Crippen LogP contribution is 2.37. The molecule has 3 heterocycles. The number of benzene rings is 2. The van der Waals surface area contributed by atoms with E-state index >= 15 is 0 Å². The van der Waals surface area contributed by atoms with E-state index in [9.17, 15) is 14.7 Å². The first-order chi connectivity index (χ1) is 18.6. The van der Waals surface area contributed by atoms with E-state index in [1.165, 1.54) is 0 Å². The van der Waals surface area contributed by atoms with Crippen molar-refractivity contribution in [2.75, 3.05) is 32.8 Å². The molecule has 2 saturated heterocycles. The molecular weight excluding hydrogens is 516 g/mol. The van der Waals surface area contributed by atoms with Crippen LogP contribution in [-0.4, -0.2) is 75.6 Å². The lowest BCUT2D eigenvalue weighted by atomic mass is 9.77. The number of aromatic amines is 1. The highest BCUT2D eigenvalue weighted by molar-refractivity contribution is 6.32. The fraction of sp³-hybridized carbons (Fsp3) is 0.500. The molecule has 0 bridgehead atoms. The van der Waals surface area contributed by atoms with E-state index in [4.69, 9.17) is 16.3 Å². The van der Waals surface area contributed by atoms with Crippen molar-refractivity contribution >= 4 is 34.4 Å². The number of nitrogens with zero attached hydrogens (tertiary/aromatic N) is 3. The van der Waals surface area contributed by atoms with Gasteiger partial charge in [0.1, 0.15) is 11.6 Å². The van der Waals surface area contributed by atoms with Crippen molar-refractivity contribution in [3.8, 4) is 5.75 Å². The van der Waals surface area contributed by atoms with Crippen molar-refractivity contribution in [3.05, 3.63) is 57.9 Å². The van der Waals surface area contributed by atoms with Crippen LogP contribution >= 0.6 is 11.6 Å². The monoisotopic (exact) mass is 552 g/mol. The quantitative estimate of drug-likeness (QED) is 0.457. The van der Waals surface area contributed by atoms with Gasteiger partial charge in [-0.2, -0.15) is 0 Å². The molecule has 0 radical (unpaired) electrons. The van der Waals surface area contributed by atoms with E-state index in [0.717, 1.165) is 45.8 Å². The second-order valence-corrected chi connectivity index (χ2v) is 11.7. The lowest BCUT2D eigenvalue weighted by Crippen LogP contribution is -2.51. The molecule has 2 amide bonds. The van der Waals surface area contributed by atoms with Crippen molar-refractivity contribution in [2.24, 2.45) is 5.41 Å². The van der Waals surface area contributed by atoms with Crippen molar-refractivity contribution in [2.45, 2.75) is 59.0 Å². The highest BCUT2D eigenvalue weighted by atomic mass is 35.5. The molecule has 9 heteroatoms. The molecule has 0 saturated carbocycles. The number of carbonyl (C=O) groups is 2. The summed E-state index contributed by atoms with van der Waals surface area (Å²) in [6.07, 6.45) is 2.70. The molecule has 0 aliphatic carbocycles. The Morgan fingerprint density at radius 3 is 2.54 bits per heavy atom. The summed E-state index contributed by atoms with van der Waals surface area (Å²) in [5, 5.41) is 10.6. The number of H-pyrrole nitrogens is 1. The lowest BCUT2D eigenvalue weighted by Gasteiger charge is -2.43. The number of nitrogens with one attached hydrogen (secondary N) is 1. The van der Waals surface area contributed by atoms with Gasteiger partial charge in [-0.1, -0.05) is 11.6 Å². The predicted octanol–water partition coefficient (Wildman–Crippen LogP) is 4.82. The Bertz CT molecular complexity index is 1360. The number of halogens is 1. The molecule has 2 fully saturated rings. The van der Waals surface area contributed by atoms with Crippen LogP contribution in [0.1, 0.15) is 59.4 Å². The van der Waals surface area contributed by atoms with Crippen molar-refractivity contribution in [3.63, 3.8) is 0 Å². The zero-order valence-corrected chi connectivity index (χ0v) is 23.7. The van der Waals surface area contributed by atoms with Crippen LogP contribution in [0.15, 0.2) is 30.3 Å². The van der Waals surface area contributed by atoms with Crippen LogP contribution in [0, 0.1) is 26.2 Å². The minimum atomic E-state index is -0.531. The Balaban J connectivity index is 1.38. The minimum Gasteiger partial charge on any atom is -0.493 e. The highest BCUT2D eigenvalue weighted by Gasteiger charge is 2.41. The number of likely N-dealkylation sites (tertiary alicyclic amines) is 2. The molecule has 8 nitrogen and oxygen atoms in total. The van der Waals surface area contributed by atoms with Crippen LogP contribution in [-0.2, 0) is 4.79 Å². The first-order valence-electron chi connectivity index (χ1n) is 13.7. The molecule has 1 aromatic heterocycles. The van der Waals surface area contributed by atoms with E-state index in [1.807, 2.05) is 60.9 Å². The van der Waals surface area contributed by atoms with Crippen molar-refractivity contribution in [1.29, 1.82) is 0 Å². The van der Waals surface area contributed by atoms with Crippen molar-refractivity contribution in [1.82, 2.24) is 19.8 Å². The maximum atomic E-state index is 13.7. The average Bonchev–Trinajstić information content (AvgIpc) is 3.29. The number of fused-ring (bicyclic) bond motifs is 1. The number of piperidine rings is 2. The number of aliphatic hydroxyl groups excluding tert-OH is 1. The second-order valence-electron chi connectivity index (χ2n) is 11.3. The number of rotatable bonds is 6. The Labute approximate surface area is 234 Å². The Hall–Kier alpha value is -3.10. The van der Waals surface area contributed by atoms with Crippen LogP contribution in [0.5, 0.6) is 5.75 Å². The fourth-order valence-corrected chi connectivity index (χ4v) is 6.03. The largest absolute Gasteiger partial charge is 0.493 e. The molecule has 1 unspecified atom stereocenters. The number of aromatic nitrogens is 2. The van der Waals surface area contributed by atoms with Gasteiger partial charge >= 0.3 is 0 Å². The minimum absolute atomic E-state index is 0.0534. The summed E-state index contributed by atoms with van der Waals surface area (Å²) in [6, 6.07) is 9.38. The van der Waals surface area contributed by atoms with E-state index < -0.39 is 5.41 Å². The topological polar surface area (TPSA) is 98.8 Å². The second kappa shape index (κ2) is 11.2. The lowest BCUT2D eigenvalue weighted by molar-refractivity contribution is -0.137. The average molecular weight is 553 g/mol. The standard InChI is InChI=1S/C30H37ClN4O4/c1-19-13-24(14-20(2)28(19)31)39-18-30(16-27(37)34-11-7-23(36)8-12-34)9-4-10-35(17-30)29(38)22-5-6-25-26(15-22)33-21(3)32-25/h5-6,13-15,23,36H,4,7-12,16-18H2,1-3H3,(H,32,33). The molecule has 39 heavy (non-hydrogen) atoms. The number of imidazole rings is 1. The zero-order chi connectivity index (χ0) is 27.7. The van der Waals surface area contributed by atoms with Crippen LogP contribution in [0.4, 0.5) is 0 Å². The first-order valence-corrected chi connectivity index (χ1v) is 14.1. The molecule has 3 aromatic rings. The summed E-state index contributed by atoms with van der Waals surface area (Å²) in [6.45, 7) is 8.28. The van der Waals surface area contributed by atoms with Crippen LogP contribution in [0.25, 0.3) is 11.0 Å². The van der Waals surface area contributed by atoms with Crippen LogP contribution in [0.2, 0.25) is 5.02 Å². The number of aliphatic hydroxyl groups is 1. The Kier molecular flexibility index (Phi) is 7.87. The van der Waals surface area contributed by atoms with Gasteiger partial charge in [0.05, 0.1) is 23.7 Å². The molecule has 0 spiro atoms. The number of hydrogen-bond acceptors (Lipinski definition) is 5. The van der Waals surface area contributed by atoms with E-state index in [-0.39, 0.29) is 24.3 Å². The smallest absolute Gasteiger partial charge is 0.253 e. The third-order valence-corrected chi connectivity index (χ3v) is 8.69. The number of hydrogen-bond donors (Lipinski definition) is 2. The molecule has 5 rings (SSSR count). The fourth-order valence-electron chi connectivity index (χ4n) is 5.92. The van der Waals surface area contributed by atoms with E-state index in [0.29, 0.717) is 56.9 Å². The number of ether oxygens (including phenoxy) is 1. The zero-order valence-electron chi connectivity index (χ0n) is 22.9. The third kappa shape index (κ3) is 6.07. The van der Waals surface area contributed by atoms with Gasteiger partial charge in [0.2, 0.25) is 5.91 Å². The van der Waals surface area contributed by atoms with E-state index in [2.05, 4.69) is 9.97 Å². The Morgan fingerprint density at radius 1 is 1.10 bits per heavy atom. The molecule has 1 atom stereocenters. The van der Waals surface area contributed by atoms with Gasteiger partial charge < -0.3 is 24.6 Å². The van der Waals surface area contributed by atoms with Gasteiger partial charge in [0.15, 0.2) is 0 Å². The predicted molar refractivity (Wildman–Crippen MR) is 151 cm³/mol. The van der Waals surface area contributed by atoms with Gasteiger partial charge in [-0.15, -0.1) is 0 Å². The van der Waals surface area contributed by atoms with Crippen molar-refractivity contribution < 1.29 is 19.4 Å². The summed E-state index contributed by atoms with van der Waals surface area (Å²) in [4.78, 5) is 38.5. The SMILES string of the molecule is Cc1nc2ccc(C(=O)N3CCCC(COc4cc(C)c(Cl)c(C)c4)(CC(=O)N4CCC(O)CC4)C3)cc2[nH]1. The van der Waals surface area contributed by atoms with Crippen LogP contribution < -0.4 is 4.74 Å². The van der Waals surface area contributed by atoms with E-state index in [1.54, 1.807) is 0 Å². The summed E-state index contributed by atoms with van der Waals surface area (Å²) >= 11 is 6.37. The molecule has 2 aromatic carbocycles. The van der Waals surface area contributed by atoms with Gasteiger partial charge in [0.25, 0.3) is 5.91 Å². The van der Waals surface area contributed by atoms with Gasteiger partial charge in [-0.25, -0.2) is 4.98 Å². The van der Waals surface area contributed by atoms with Gasteiger partial charge in [-0.3, -0.25) is 9.59 Å². The first kappa shape index (κ1) is 27.5. The third-order valence-electron chi connectivity index (χ3n) is 8.09. The summed E-state index contributed by atoms with van der Waals surface area (Å²) < 4.78 is 6.34. The maximum absolute atomic E-state index is 13.7. The summed E-state index contributed by atoms with van der Waals surface area (Å²) in [5.41, 5.74) is 3.61. The maximum Gasteiger partial charge on any atom is 0.253 e. The van der Waals surface area contributed by atoms with Gasteiger partial charge in [0, 0.05) is 48.6 Å². The summed E-state index contributed by atoms with van der Waals surface area (Å²) in [7, 11) is 0. The molecular formula is C30H37ClN4O4. The van der Waals surface area contributed by atoms with Crippen LogP contribution in [0.3, 0.4) is 0 Å². The van der Waals surface area contributed by atoms with Gasteiger partial charge in [-0.05, 0) is 87.9 Å². The molecule has 2 aliphatic rings. The summed E-state index contributed by atoms with van der Waals surface area (Å²) in [5.74, 6) is 1.52. The molecule has 2 aliphatic heterocycles. The number of carbonyl (C=O) groups excluding carboxylic acids is 2. The molecule has 208 valence electrons.